The molecule has 0 radical (unpaired) electrons. The topological polar surface area (TPSA) is 91.1 Å². The quantitative estimate of drug-likeness (QED) is 0.521. The Morgan fingerprint density at radius 2 is 1.39 bits per heavy atom. The first-order valence-electron chi connectivity index (χ1n) is 10.2. The van der Waals surface area contributed by atoms with E-state index in [1.807, 2.05) is 42.3 Å². The number of carbonyl (C=O) groups is 4. The van der Waals surface area contributed by atoms with Gasteiger partial charge in [-0.2, -0.15) is 0 Å². The van der Waals surface area contributed by atoms with E-state index in [9.17, 15) is 19.2 Å². The van der Waals surface area contributed by atoms with E-state index in [2.05, 4.69) is 0 Å². The number of benzene rings is 1. The molecule has 2 fully saturated rings. The lowest BCUT2D eigenvalue weighted by Crippen LogP contribution is -2.40. The first-order valence-corrected chi connectivity index (χ1v) is 11.8. The van der Waals surface area contributed by atoms with Gasteiger partial charge in [-0.25, -0.2) is 0 Å². The van der Waals surface area contributed by atoms with Gasteiger partial charge in [0.05, 0.1) is 16.1 Å². The second-order valence-corrected chi connectivity index (χ2v) is 9.38. The van der Waals surface area contributed by atoms with Crippen LogP contribution in [0.15, 0.2) is 63.0 Å². The molecule has 170 valence electrons. The molecule has 2 aliphatic heterocycles. The summed E-state index contributed by atoms with van der Waals surface area (Å²) in [4.78, 5) is 54.8. The number of likely N-dealkylation sites (N-methyl/N-ethyl adjacent to an activating group) is 1. The van der Waals surface area contributed by atoms with Crippen molar-refractivity contribution in [1.82, 2.24) is 14.7 Å². The van der Waals surface area contributed by atoms with Crippen LogP contribution < -0.4 is 0 Å². The first-order chi connectivity index (χ1) is 15.9. The highest BCUT2D eigenvalue weighted by atomic mass is 32.2. The van der Waals surface area contributed by atoms with Crippen LogP contribution in [-0.4, -0.2) is 70.2 Å². The summed E-state index contributed by atoms with van der Waals surface area (Å²) in [6, 6.07) is 12.8. The summed E-state index contributed by atoms with van der Waals surface area (Å²) in [5.74, 6) is -0.154. The Kier molecular flexibility index (Phi) is 7.17. The van der Waals surface area contributed by atoms with Gasteiger partial charge >= 0.3 is 0 Å². The lowest BCUT2D eigenvalue weighted by molar-refractivity contribution is -0.123. The summed E-state index contributed by atoms with van der Waals surface area (Å²) in [6.45, 7) is 1.29. The molecule has 8 nitrogen and oxygen atoms in total. The fraction of sp³-hybridized carbons (Fsp3) is 0.217. The molecule has 4 amide bonds. The molecule has 2 aliphatic rings. The Morgan fingerprint density at radius 1 is 0.818 bits per heavy atom. The molecule has 2 saturated heterocycles. The second-order valence-electron chi connectivity index (χ2n) is 7.40. The number of nitrogens with zero attached hydrogens (tertiary/aromatic N) is 3. The molecule has 1 aromatic heterocycles. The van der Waals surface area contributed by atoms with Crippen molar-refractivity contribution < 1.29 is 23.6 Å². The van der Waals surface area contributed by atoms with Gasteiger partial charge in [0.2, 0.25) is 0 Å². The van der Waals surface area contributed by atoms with Crippen molar-refractivity contribution in [3.63, 3.8) is 0 Å². The highest BCUT2D eigenvalue weighted by Gasteiger charge is 2.36. The number of rotatable bonds is 8. The maximum absolute atomic E-state index is 12.6. The van der Waals surface area contributed by atoms with Crippen molar-refractivity contribution >= 4 is 58.0 Å². The Bertz CT molecular complexity index is 1130. The Balaban J connectivity index is 1.28. The van der Waals surface area contributed by atoms with Crippen molar-refractivity contribution in [1.29, 1.82) is 0 Å². The van der Waals surface area contributed by atoms with Gasteiger partial charge in [0, 0.05) is 32.3 Å². The van der Waals surface area contributed by atoms with Gasteiger partial charge in [-0.3, -0.25) is 29.0 Å². The van der Waals surface area contributed by atoms with Crippen LogP contribution in [0, 0.1) is 0 Å². The van der Waals surface area contributed by atoms with Crippen molar-refractivity contribution in [2.45, 2.75) is 0 Å². The maximum atomic E-state index is 12.6. The minimum absolute atomic E-state index is 0.215. The highest BCUT2D eigenvalue weighted by Crippen LogP contribution is 2.33. The normalized spacial score (nSPS) is 19.2. The number of hydrogen-bond donors (Lipinski definition) is 0. The Morgan fingerprint density at radius 3 is 1.94 bits per heavy atom. The van der Waals surface area contributed by atoms with E-state index >= 15 is 0 Å². The SMILES string of the molecule is CN(CCN1C(=O)S/C(=C\c2ccccc2)C1=O)CCN1C(=O)S/C(=C\c2ccco2)C1=O. The number of amides is 4. The van der Waals surface area contributed by atoms with Crippen molar-refractivity contribution in [3.05, 3.63) is 69.9 Å². The standard InChI is InChI=1S/C23H21N3O5S2/c1-24(10-12-26-21(28)19(33-23(26)30)15-17-8-5-13-31-17)9-11-25-20(27)18(32-22(25)29)14-16-6-3-2-4-7-16/h2-8,13-15H,9-12H2,1H3/b18-14-,19-15-. The smallest absolute Gasteiger partial charge is 0.293 e. The number of thioether (sulfide) groups is 2. The maximum Gasteiger partial charge on any atom is 0.293 e. The molecular formula is C23H21N3O5S2. The summed E-state index contributed by atoms with van der Waals surface area (Å²) >= 11 is 1.81. The first kappa shape index (κ1) is 23.1. The van der Waals surface area contributed by atoms with Crippen molar-refractivity contribution in [2.75, 3.05) is 33.2 Å². The number of carbonyl (C=O) groups excluding carboxylic acids is 4. The van der Waals surface area contributed by atoms with Crippen LogP contribution in [0.4, 0.5) is 9.59 Å². The Labute approximate surface area is 199 Å². The summed E-state index contributed by atoms with van der Waals surface area (Å²) in [5.41, 5.74) is 0.860. The molecule has 4 rings (SSSR count). The summed E-state index contributed by atoms with van der Waals surface area (Å²) < 4.78 is 5.21. The van der Waals surface area contributed by atoms with E-state index in [0.717, 1.165) is 29.1 Å². The molecule has 2 aromatic rings. The molecule has 33 heavy (non-hydrogen) atoms. The summed E-state index contributed by atoms with van der Waals surface area (Å²) in [6.07, 6.45) is 4.77. The average molecular weight is 484 g/mol. The minimum Gasteiger partial charge on any atom is -0.465 e. The zero-order valence-corrected chi connectivity index (χ0v) is 19.4. The van der Waals surface area contributed by atoms with Gasteiger partial charge in [0.25, 0.3) is 22.3 Å². The van der Waals surface area contributed by atoms with Crippen LogP contribution >= 0.6 is 23.5 Å². The van der Waals surface area contributed by atoms with Gasteiger partial charge in [-0.15, -0.1) is 0 Å². The summed E-state index contributed by atoms with van der Waals surface area (Å²) in [5, 5.41) is -0.632. The zero-order valence-electron chi connectivity index (χ0n) is 17.8. The van der Waals surface area contributed by atoms with Crippen molar-refractivity contribution in [3.8, 4) is 0 Å². The van der Waals surface area contributed by atoms with Crippen LogP contribution in [0.2, 0.25) is 0 Å². The average Bonchev–Trinajstić information content (AvgIpc) is 3.47. The van der Waals surface area contributed by atoms with Gasteiger partial charge in [0.15, 0.2) is 0 Å². The van der Waals surface area contributed by atoms with Gasteiger partial charge in [-0.05, 0) is 54.3 Å². The fourth-order valence-corrected chi connectivity index (χ4v) is 4.95. The molecule has 0 spiro atoms. The van der Waals surface area contributed by atoms with Gasteiger partial charge < -0.3 is 9.32 Å². The molecule has 0 unspecified atom stereocenters. The monoisotopic (exact) mass is 483 g/mol. The number of furan rings is 1. The molecule has 0 N–H and O–H groups in total. The second kappa shape index (κ2) is 10.2. The van der Waals surface area contributed by atoms with E-state index in [1.54, 1.807) is 24.3 Å². The van der Waals surface area contributed by atoms with E-state index in [4.69, 9.17) is 4.42 Å². The molecule has 0 saturated carbocycles. The fourth-order valence-electron chi connectivity index (χ4n) is 3.24. The lowest BCUT2D eigenvalue weighted by atomic mass is 10.2. The largest absolute Gasteiger partial charge is 0.465 e. The molecule has 1 aromatic carbocycles. The molecule has 3 heterocycles. The van der Waals surface area contributed by atoms with Gasteiger partial charge in [-0.1, -0.05) is 30.3 Å². The predicted molar refractivity (Wildman–Crippen MR) is 128 cm³/mol. The van der Waals surface area contributed by atoms with E-state index in [0.29, 0.717) is 28.7 Å². The molecule has 10 heteroatoms. The third-order valence-electron chi connectivity index (χ3n) is 5.07. The predicted octanol–water partition coefficient (Wildman–Crippen LogP) is 3.98. The molecule has 0 aliphatic carbocycles. The lowest BCUT2D eigenvalue weighted by Gasteiger charge is -2.22. The van der Waals surface area contributed by atoms with Crippen LogP contribution in [0.3, 0.4) is 0 Å². The summed E-state index contributed by atoms with van der Waals surface area (Å²) in [7, 11) is 1.82. The van der Waals surface area contributed by atoms with Crippen molar-refractivity contribution in [2.24, 2.45) is 0 Å². The number of hydrogen-bond acceptors (Lipinski definition) is 8. The molecule has 0 atom stereocenters. The van der Waals surface area contributed by atoms with Crippen LogP contribution in [0.1, 0.15) is 11.3 Å². The number of imide groups is 2. The third kappa shape index (κ3) is 5.47. The van der Waals surface area contributed by atoms with E-state index < -0.39 is 0 Å². The highest BCUT2D eigenvalue weighted by molar-refractivity contribution is 8.18. The van der Waals surface area contributed by atoms with Crippen LogP contribution in [0.25, 0.3) is 12.2 Å². The Hall–Kier alpha value is -3.08. The van der Waals surface area contributed by atoms with E-state index in [-0.39, 0.29) is 35.4 Å². The molecule has 0 bridgehead atoms. The van der Waals surface area contributed by atoms with Crippen LogP contribution in [-0.2, 0) is 9.59 Å². The molecular weight excluding hydrogens is 462 g/mol. The minimum atomic E-state index is -0.355. The van der Waals surface area contributed by atoms with E-state index in [1.165, 1.54) is 16.1 Å². The van der Waals surface area contributed by atoms with Crippen LogP contribution in [0.5, 0.6) is 0 Å². The van der Waals surface area contributed by atoms with Gasteiger partial charge in [0.1, 0.15) is 5.76 Å². The zero-order chi connectivity index (χ0) is 23.4. The third-order valence-corrected chi connectivity index (χ3v) is 6.89.